The molecule has 0 bridgehead atoms. The second-order valence-corrected chi connectivity index (χ2v) is 5.18. The van der Waals surface area contributed by atoms with Crippen LogP contribution in [0.5, 0.6) is 5.75 Å². The molecule has 1 heterocycles. The van der Waals surface area contributed by atoms with Crippen LogP contribution in [0.2, 0.25) is 0 Å². The Morgan fingerprint density at radius 3 is 2.59 bits per heavy atom. The van der Waals surface area contributed by atoms with Crippen molar-refractivity contribution in [1.82, 2.24) is 9.55 Å². The van der Waals surface area contributed by atoms with Crippen LogP contribution < -0.4 is 16.0 Å². The molecule has 0 aliphatic rings. The van der Waals surface area contributed by atoms with Crippen LogP contribution in [-0.4, -0.2) is 16.7 Å². The Morgan fingerprint density at radius 1 is 1.18 bits per heavy atom. The van der Waals surface area contributed by atoms with Crippen LogP contribution in [-0.2, 0) is 0 Å². The van der Waals surface area contributed by atoms with Gasteiger partial charge >= 0.3 is 0 Å². The number of anilines is 1. The number of fused-ring (bicyclic) bond motifs is 1. The molecule has 0 fully saturated rings. The smallest absolute Gasteiger partial charge is 0.261 e. The summed E-state index contributed by atoms with van der Waals surface area (Å²) < 4.78 is 6.77. The molecule has 3 aromatic rings. The summed E-state index contributed by atoms with van der Waals surface area (Å²) >= 11 is 0. The molecule has 1 unspecified atom stereocenters. The molecule has 0 spiro atoms. The van der Waals surface area contributed by atoms with Crippen molar-refractivity contribution >= 4 is 16.6 Å². The van der Waals surface area contributed by atoms with E-state index in [0.29, 0.717) is 16.6 Å². The highest BCUT2D eigenvalue weighted by molar-refractivity contribution is 5.80. The fourth-order valence-electron chi connectivity index (χ4n) is 2.47. The minimum atomic E-state index is -0.128. The van der Waals surface area contributed by atoms with Crippen LogP contribution in [0.4, 0.5) is 5.69 Å². The predicted octanol–water partition coefficient (Wildman–Crippen LogP) is 2.60. The van der Waals surface area contributed by atoms with E-state index in [4.69, 9.17) is 10.5 Å². The standard InChI is InChI=1S/C17H17N3O2/c1-11(12-3-6-14(22-2)7-4-12)20-10-19-16-8-5-13(18)9-15(16)17(20)21/h3-11H,18H2,1-2H3. The SMILES string of the molecule is COc1ccc(C(C)n2cnc3ccc(N)cc3c2=O)cc1. The van der Waals surface area contributed by atoms with Gasteiger partial charge < -0.3 is 10.5 Å². The first-order valence-corrected chi connectivity index (χ1v) is 7.00. The lowest BCUT2D eigenvalue weighted by molar-refractivity contribution is 0.414. The van der Waals surface area contributed by atoms with Gasteiger partial charge in [0.25, 0.3) is 5.56 Å². The van der Waals surface area contributed by atoms with Crippen LogP contribution in [0, 0.1) is 0 Å². The van der Waals surface area contributed by atoms with Gasteiger partial charge in [-0.25, -0.2) is 4.98 Å². The number of methoxy groups -OCH3 is 1. The molecular formula is C17H17N3O2. The third-order valence-corrected chi connectivity index (χ3v) is 3.82. The second kappa shape index (κ2) is 5.52. The predicted molar refractivity (Wildman–Crippen MR) is 87.2 cm³/mol. The van der Waals surface area contributed by atoms with E-state index in [0.717, 1.165) is 11.3 Å². The molecule has 1 aromatic heterocycles. The largest absolute Gasteiger partial charge is 0.497 e. The second-order valence-electron chi connectivity index (χ2n) is 5.18. The number of benzene rings is 2. The molecule has 2 aromatic carbocycles. The highest BCUT2D eigenvalue weighted by Crippen LogP contribution is 2.20. The van der Waals surface area contributed by atoms with Gasteiger partial charge in [-0.2, -0.15) is 0 Å². The molecule has 1 atom stereocenters. The van der Waals surface area contributed by atoms with E-state index >= 15 is 0 Å². The van der Waals surface area contributed by atoms with Crippen molar-refractivity contribution in [3.8, 4) is 5.75 Å². The van der Waals surface area contributed by atoms with E-state index in [2.05, 4.69) is 4.98 Å². The van der Waals surface area contributed by atoms with Gasteiger partial charge in [0.15, 0.2) is 0 Å². The summed E-state index contributed by atoms with van der Waals surface area (Å²) in [7, 11) is 1.63. The summed E-state index contributed by atoms with van der Waals surface area (Å²) in [5, 5.41) is 0.530. The van der Waals surface area contributed by atoms with Gasteiger partial charge in [0.1, 0.15) is 5.75 Å². The minimum absolute atomic E-state index is 0.0966. The number of aromatic nitrogens is 2. The van der Waals surface area contributed by atoms with Crippen molar-refractivity contribution in [3.05, 3.63) is 64.7 Å². The van der Waals surface area contributed by atoms with Crippen molar-refractivity contribution in [1.29, 1.82) is 0 Å². The Bertz CT molecular complexity index is 869. The summed E-state index contributed by atoms with van der Waals surface area (Å²) in [6.07, 6.45) is 1.58. The van der Waals surface area contributed by atoms with Crippen LogP contribution in [0.1, 0.15) is 18.5 Å². The van der Waals surface area contributed by atoms with Crippen molar-refractivity contribution in [2.24, 2.45) is 0 Å². The molecule has 0 amide bonds. The van der Waals surface area contributed by atoms with Crippen LogP contribution in [0.25, 0.3) is 10.9 Å². The molecule has 3 rings (SSSR count). The maximum Gasteiger partial charge on any atom is 0.261 e. The lowest BCUT2D eigenvalue weighted by Crippen LogP contribution is -2.24. The molecule has 112 valence electrons. The number of hydrogen-bond donors (Lipinski definition) is 1. The summed E-state index contributed by atoms with van der Waals surface area (Å²) in [6, 6.07) is 12.7. The Hall–Kier alpha value is -2.82. The first-order valence-electron chi connectivity index (χ1n) is 7.00. The Labute approximate surface area is 128 Å². The number of rotatable bonds is 3. The number of ether oxygens (including phenoxy) is 1. The zero-order valence-corrected chi connectivity index (χ0v) is 12.5. The van der Waals surface area contributed by atoms with E-state index in [1.165, 1.54) is 0 Å². The van der Waals surface area contributed by atoms with E-state index in [1.807, 2.05) is 31.2 Å². The molecule has 0 saturated heterocycles. The maximum atomic E-state index is 12.7. The molecule has 0 radical (unpaired) electrons. The third kappa shape index (κ3) is 2.41. The summed E-state index contributed by atoms with van der Waals surface area (Å²) in [5.74, 6) is 0.785. The fraction of sp³-hybridized carbons (Fsp3) is 0.176. The highest BCUT2D eigenvalue weighted by atomic mass is 16.5. The minimum Gasteiger partial charge on any atom is -0.497 e. The van der Waals surface area contributed by atoms with Gasteiger partial charge in [-0.15, -0.1) is 0 Å². The monoisotopic (exact) mass is 295 g/mol. The number of nitrogens with two attached hydrogens (primary N) is 1. The van der Waals surface area contributed by atoms with E-state index < -0.39 is 0 Å². The van der Waals surface area contributed by atoms with Gasteiger partial charge in [0.05, 0.1) is 30.4 Å². The zero-order valence-electron chi connectivity index (χ0n) is 12.5. The molecule has 5 heteroatoms. The van der Waals surface area contributed by atoms with Gasteiger partial charge in [-0.1, -0.05) is 12.1 Å². The van der Waals surface area contributed by atoms with E-state index in [9.17, 15) is 4.79 Å². The molecule has 2 N–H and O–H groups in total. The quantitative estimate of drug-likeness (QED) is 0.754. The number of nitrogens with zero attached hydrogens (tertiary/aromatic N) is 2. The van der Waals surface area contributed by atoms with E-state index in [1.54, 1.807) is 36.2 Å². The number of hydrogen-bond acceptors (Lipinski definition) is 4. The van der Waals surface area contributed by atoms with Crippen LogP contribution in [0.3, 0.4) is 0 Å². The number of nitrogen functional groups attached to an aromatic ring is 1. The Kier molecular flexibility index (Phi) is 3.55. The molecule has 0 aliphatic carbocycles. The highest BCUT2D eigenvalue weighted by Gasteiger charge is 2.12. The average molecular weight is 295 g/mol. The van der Waals surface area contributed by atoms with Crippen molar-refractivity contribution in [2.45, 2.75) is 13.0 Å². The lowest BCUT2D eigenvalue weighted by atomic mass is 10.1. The van der Waals surface area contributed by atoms with Crippen molar-refractivity contribution in [3.63, 3.8) is 0 Å². The summed E-state index contributed by atoms with van der Waals surface area (Å²) in [5.41, 5.74) is 7.89. The summed E-state index contributed by atoms with van der Waals surface area (Å²) in [6.45, 7) is 1.96. The van der Waals surface area contributed by atoms with Gasteiger partial charge in [-0.05, 0) is 42.8 Å². The Morgan fingerprint density at radius 2 is 1.91 bits per heavy atom. The van der Waals surface area contributed by atoms with Crippen LogP contribution >= 0.6 is 0 Å². The first-order chi connectivity index (χ1) is 10.6. The molecule has 0 saturated carbocycles. The van der Waals surface area contributed by atoms with Crippen molar-refractivity contribution < 1.29 is 4.74 Å². The third-order valence-electron chi connectivity index (χ3n) is 3.82. The van der Waals surface area contributed by atoms with Gasteiger partial charge in [0.2, 0.25) is 0 Å². The Balaban J connectivity index is 2.08. The topological polar surface area (TPSA) is 70.1 Å². The normalized spacial score (nSPS) is 12.3. The van der Waals surface area contributed by atoms with Crippen LogP contribution in [0.15, 0.2) is 53.6 Å². The van der Waals surface area contributed by atoms with E-state index in [-0.39, 0.29) is 11.6 Å². The molecular weight excluding hydrogens is 278 g/mol. The van der Waals surface area contributed by atoms with Gasteiger partial charge in [0, 0.05) is 5.69 Å². The molecule has 0 aliphatic heterocycles. The van der Waals surface area contributed by atoms with Crippen molar-refractivity contribution in [2.75, 3.05) is 12.8 Å². The first kappa shape index (κ1) is 14.1. The maximum absolute atomic E-state index is 12.7. The fourth-order valence-corrected chi connectivity index (χ4v) is 2.47. The summed E-state index contributed by atoms with van der Waals surface area (Å²) in [4.78, 5) is 17.0. The molecule has 5 nitrogen and oxygen atoms in total. The zero-order chi connectivity index (χ0) is 15.7. The van der Waals surface area contributed by atoms with Gasteiger partial charge in [-0.3, -0.25) is 9.36 Å². The molecule has 22 heavy (non-hydrogen) atoms. The average Bonchev–Trinajstić information content (AvgIpc) is 2.55. The lowest BCUT2D eigenvalue weighted by Gasteiger charge is -2.16.